The number of nitro benzene ring substituents is 1. The van der Waals surface area contributed by atoms with Gasteiger partial charge in [0, 0.05) is 103 Å². The second-order valence-corrected chi connectivity index (χ2v) is 19.5. The van der Waals surface area contributed by atoms with Gasteiger partial charge < -0.3 is 33.9 Å². The topological polar surface area (TPSA) is 177 Å². The molecule has 15 nitrogen and oxygen atoms in total. The van der Waals surface area contributed by atoms with Gasteiger partial charge in [-0.05, 0) is 80.0 Å². The molecule has 0 radical (unpaired) electrons. The molecule has 6 aliphatic rings. The number of fused-ring (bicyclic) bond motifs is 6. The van der Waals surface area contributed by atoms with Crippen LogP contribution in [-0.2, 0) is 41.1 Å². The predicted molar refractivity (Wildman–Crippen MR) is 250 cm³/mol. The highest BCUT2D eigenvalue weighted by Crippen LogP contribution is 2.68. The molecule has 6 heterocycles. The van der Waals surface area contributed by atoms with Crippen molar-refractivity contribution in [3.05, 3.63) is 123 Å². The van der Waals surface area contributed by atoms with Crippen LogP contribution in [0.4, 0.5) is 11.4 Å². The largest absolute Gasteiger partial charge is 0.496 e. The smallest absolute Gasteiger partial charge is 0.338 e. The van der Waals surface area contributed by atoms with Crippen LogP contribution in [0.3, 0.4) is 0 Å². The van der Waals surface area contributed by atoms with Crippen molar-refractivity contribution in [2.45, 2.75) is 87.5 Å². The zero-order chi connectivity index (χ0) is 47.2. The lowest BCUT2D eigenvalue weighted by molar-refractivity contribution is -0.384. The van der Waals surface area contributed by atoms with Crippen molar-refractivity contribution >= 4 is 40.2 Å². The number of methoxy groups -OCH3 is 2. The number of carbonyl (C=O) groups excluding carboxylic acids is 3. The van der Waals surface area contributed by atoms with E-state index in [1.165, 1.54) is 43.9 Å². The summed E-state index contributed by atoms with van der Waals surface area (Å²) in [5.41, 5.74) is 1.06. The van der Waals surface area contributed by atoms with Crippen molar-refractivity contribution in [1.29, 1.82) is 0 Å². The fourth-order valence-corrected chi connectivity index (χ4v) is 14.0. The first kappa shape index (κ1) is 44.8. The zero-order valence-corrected chi connectivity index (χ0v) is 39.0. The number of anilines is 1. The van der Waals surface area contributed by atoms with Crippen molar-refractivity contribution in [2.75, 3.05) is 65.5 Å². The Bertz CT molecular complexity index is 2750. The van der Waals surface area contributed by atoms with Crippen LogP contribution in [0.25, 0.3) is 10.9 Å². The van der Waals surface area contributed by atoms with Crippen molar-refractivity contribution in [3.63, 3.8) is 0 Å². The number of para-hydroxylation sites is 1. The van der Waals surface area contributed by atoms with E-state index in [1.54, 1.807) is 7.11 Å². The third-order valence-corrected chi connectivity index (χ3v) is 16.4. The fourth-order valence-electron chi connectivity index (χ4n) is 14.0. The first-order chi connectivity index (χ1) is 32.2. The summed E-state index contributed by atoms with van der Waals surface area (Å²) >= 11 is 0. The molecule has 1 aliphatic carbocycles. The molecule has 1 unspecified atom stereocenters. The van der Waals surface area contributed by atoms with E-state index in [9.17, 15) is 24.8 Å². The lowest BCUT2D eigenvalue weighted by Crippen LogP contribution is -2.80. The molecule has 3 aromatic carbocycles. The molecule has 2 fully saturated rings. The Kier molecular flexibility index (Phi) is 10.9. The number of ether oxygens (including phenoxy) is 4. The maximum Gasteiger partial charge on any atom is 0.338 e. The summed E-state index contributed by atoms with van der Waals surface area (Å²) in [4.78, 5) is 64.3. The van der Waals surface area contributed by atoms with Gasteiger partial charge in [0.2, 0.25) is 0 Å². The Morgan fingerprint density at radius 3 is 2.49 bits per heavy atom. The Hall–Kier alpha value is -6.03. The molecule has 352 valence electrons. The highest BCUT2D eigenvalue weighted by Gasteiger charge is 2.78. The van der Waals surface area contributed by atoms with Crippen LogP contribution in [0.1, 0.15) is 79.2 Å². The molecule has 2 N–H and O–H groups in total. The summed E-state index contributed by atoms with van der Waals surface area (Å²) in [5.74, 6) is -1.33. The number of aromatic nitrogens is 1. The second-order valence-electron chi connectivity index (χ2n) is 19.5. The van der Waals surface area contributed by atoms with Crippen LogP contribution in [0.5, 0.6) is 5.75 Å². The Morgan fingerprint density at radius 2 is 1.79 bits per heavy atom. The van der Waals surface area contributed by atoms with E-state index in [4.69, 9.17) is 18.9 Å². The van der Waals surface area contributed by atoms with E-state index in [2.05, 4.69) is 58.1 Å². The summed E-state index contributed by atoms with van der Waals surface area (Å²) in [5, 5.41) is 26.4. The summed E-state index contributed by atoms with van der Waals surface area (Å²) in [6, 6.07) is 16.3. The molecular weight excluding hydrogens is 855 g/mol. The SMILES string of the molecule is CCC1=C[C@@H]2CN(CCc3c([nH]c4ccccc34)[C@@](C(=O)OC)(c3cc4c(cc3OC)N(C)[C@H]3[C@@](O)(COC(=O)c5ccc([N+](=O)[O-])cc5)[C@H](OC(C)=O)[C@]5(CC)C=CCN6CC[C@]43[C@@H]65)C2)C1. The first-order valence-corrected chi connectivity index (χ1v) is 23.5. The maximum atomic E-state index is 15.5. The van der Waals surface area contributed by atoms with Gasteiger partial charge in [0.25, 0.3) is 5.69 Å². The molecular formula is C52H59N5O10. The average molecular weight is 914 g/mol. The van der Waals surface area contributed by atoms with E-state index < -0.39 is 63.4 Å². The molecule has 0 amide bonds. The van der Waals surface area contributed by atoms with Gasteiger partial charge in [0.05, 0.1) is 30.7 Å². The van der Waals surface area contributed by atoms with Crippen LogP contribution in [0, 0.1) is 21.4 Å². The number of likely N-dealkylation sites (N-methyl/N-ethyl adjacent to an activating group) is 1. The number of hydrogen-bond acceptors (Lipinski definition) is 13. The van der Waals surface area contributed by atoms with Crippen molar-refractivity contribution in [2.24, 2.45) is 11.3 Å². The second kappa shape index (κ2) is 16.3. The number of nitro groups is 1. The summed E-state index contributed by atoms with van der Waals surface area (Å²) < 4.78 is 24.9. The summed E-state index contributed by atoms with van der Waals surface area (Å²) in [6.07, 6.45) is 8.40. The average Bonchev–Trinajstić information content (AvgIpc) is 4.00. The van der Waals surface area contributed by atoms with Gasteiger partial charge in [-0.2, -0.15) is 0 Å². The van der Waals surface area contributed by atoms with Crippen molar-refractivity contribution in [1.82, 2.24) is 14.8 Å². The van der Waals surface area contributed by atoms with Gasteiger partial charge >= 0.3 is 17.9 Å². The van der Waals surface area contributed by atoms with Crippen LogP contribution < -0.4 is 9.64 Å². The van der Waals surface area contributed by atoms with E-state index >= 15 is 4.79 Å². The van der Waals surface area contributed by atoms with E-state index in [1.807, 2.05) is 37.1 Å². The Morgan fingerprint density at radius 1 is 1.01 bits per heavy atom. The standard InChI is InChI=1S/C52H59N5O10/c1-7-32-24-33-27-51(48(60)65-6,43-37(18-22-55(28-32)29-33)36-12-9-10-13-40(36)53-43)39-25-38-41(26-42(39)64-5)54(4)46-50(38)20-23-56-21-11-19-49(8-2,45(50)56)47(67-31(3)58)52(46,61)30-66-44(59)34-14-16-35(17-15-34)57(62)63/h9-17,19,24-26,33,45-47,53,61H,7-8,18,20-23,27-30H2,1-6H3/t33-,45-,46+,47+,49+,50+,51-,52-/m0/s1. The molecule has 1 saturated heterocycles. The molecule has 1 spiro atoms. The lowest BCUT2D eigenvalue weighted by atomic mass is 9.47. The monoisotopic (exact) mass is 913 g/mol. The van der Waals surface area contributed by atoms with Gasteiger partial charge in [-0.15, -0.1) is 0 Å². The Balaban J connectivity index is 1.21. The Labute approximate surface area is 389 Å². The minimum absolute atomic E-state index is 0.0143. The number of hydrogen-bond donors (Lipinski definition) is 2. The number of aliphatic hydroxyl groups is 1. The zero-order valence-electron chi connectivity index (χ0n) is 39.0. The van der Waals surface area contributed by atoms with Crippen LogP contribution in [-0.4, -0.2) is 127 Å². The molecule has 4 aromatic rings. The minimum atomic E-state index is -2.02. The van der Waals surface area contributed by atoms with Crippen LogP contribution in [0.2, 0.25) is 0 Å². The number of benzene rings is 3. The van der Waals surface area contributed by atoms with Crippen molar-refractivity contribution in [3.8, 4) is 5.75 Å². The molecule has 1 aromatic heterocycles. The third-order valence-electron chi connectivity index (χ3n) is 16.4. The molecule has 1 saturated carbocycles. The number of H-pyrrole nitrogens is 1. The number of non-ortho nitro benzene ring substituents is 1. The van der Waals surface area contributed by atoms with Gasteiger partial charge in [-0.3, -0.25) is 29.5 Å². The maximum absolute atomic E-state index is 15.5. The number of nitrogens with one attached hydrogen (secondary N) is 1. The number of nitrogens with zero attached hydrogens (tertiary/aromatic N) is 4. The number of carbonyl (C=O) groups is 3. The summed E-state index contributed by atoms with van der Waals surface area (Å²) in [6.45, 7) is 8.74. The van der Waals surface area contributed by atoms with Crippen LogP contribution >= 0.6 is 0 Å². The first-order valence-electron chi connectivity index (χ1n) is 23.5. The van der Waals surface area contributed by atoms with Crippen molar-refractivity contribution < 1.29 is 43.4 Å². The highest BCUT2D eigenvalue weighted by atomic mass is 16.6. The molecule has 9 atom stereocenters. The van der Waals surface area contributed by atoms with E-state index in [0.717, 1.165) is 59.5 Å². The van der Waals surface area contributed by atoms with Gasteiger partial charge in [-0.25, -0.2) is 4.79 Å². The molecule has 10 rings (SSSR count). The molecule has 15 heteroatoms. The lowest BCUT2D eigenvalue weighted by Gasteiger charge is -2.64. The quantitative estimate of drug-likeness (QED) is 0.0589. The molecule has 2 bridgehead atoms. The molecule has 5 aliphatic heterocycles. The highest BCUT2D eigenvalue weighted by molar-refractivity contribution is 5.94. The summed E-state index contributed by atoms with van der Waals surface area (Å²) in [7, 11) is 4.98. The number of esters is 3. The predicted octanol–water partition coefficient (Wildman–Crippen LogP) is 6.39. The number of aromatic amines is 1. The van der Waals surface area contributed by atoms with Gasteiger partial charge in [0.15, 0.2) is 5.60 Å². The van der Waals surface area contributed by atoms with Crippen LogP contribution in [0.15, 0.2) is 84.5 Å². The van der Waals surface area contributed by atoms with Gasteiger partial charge in [0.1, 0.15) is 23.9 Å². The molecule has 67 heavy (non-hydrogen) atoms. The third kappa shape index (κ3) is 6.43. The van der Waals surface area contributed by atoms with Gasteiger partial charge in [-0.1, -0.05) is 55.8 Å². The number of rotatable bonds is 10. The van der Waals surface area contributed by atoms with E-state index in [0.29, 0.717) is 50.1 Å². The minimum Gasteiger partial charge on any atom is -0.496 e. The normalized spacial score (nSPS) is 31.5. The van der Waals surface area contributed by atoms with E-state index in [-0.39, 0.29) is 23.2 Å². The fraction of sp³-hybridized carbons (Fsp3) is 0.481.